The van der Waals surface area contributed by atoms with Crippen molar-refractivity contribution in [2.24, 2.45) is 0 Å². The monoisotopic (exact) mass is 304 g/mol. The van der Waals surface area contributed by atoms with Gasteiger partial charge in [-0.15, -0.1) is 0 Å². The smallest absolute Gasteiger partial charge is 0.317 e. The van der Waals surface area contributed by atoms with E-state index in [1.165, 1.54) is 24.8 Å². The molecule has 2 amide bonds. The Bertz CT molecular complexity index is 453. The lowest BCUT2D eigenvalue weighted by Gasteiger charge is -2.31. The summed E-state index contributed by atoms with van der Waals surface area (Å²) in [5, 5.41) is 3.03. The number of nitrogens with zero attached hydrogens (tertiary/aromatic N) is 1. The van der Waals surface area contributed by atoms with Gasteiger partial charge in [0, 0.05) is 19.6 Å². The maximum Gasteiger partial charge on any atom is 0.317 e. The first-order valence-electron chi connectivity index (χ1n) is 8.34. The molecule has 0 aromatic heterocycles. The van der Waals surface area contributed by atoms with Crippen LogP contribution in [0.25, 0.3) is 0 Å². The Balaban J connectivity index is 1.65. The van der Waals surface area contributed by atoms with Crippen LogP contribution < -0.4 is 10.1 Å². The third kappa shape index (κ3) is 4.93. The highest BCUT2D eigenvalue weighted by atomic mass is 16.5. The number of ether oxygens (including phenoxy) is 1. The number of hydrogen-bond acceptors (Lipinski definition) is 2. The van der Waals surface area contributed by atoms with Crippen LogP contribution >= 0.6 is 0 Å². The van der Waals surface area contributed by atoms with Crippen LogP contribution in [0.4, 0.5) is 4.79 Å². The van der Waals surface area contributed by atoms with E-state index in [4.69, 9.17) is 4.74 Å². The van der Waals surface area contributed by atoms with Crippen molar-refractivity contribution < 1.29 is 9.53 Å². The van der Waals surface area contributed by atoms with E-state index in [9.17, 15) is 4.79 Å². The van der Waals surface area contributed by atoms with Gasteiger partial charge in [0.2, 0.25) is 0 Å². The Hall–Kier alpha value is -1.71. The molecule has 1 fully saturated rings. The lowest BCUT2D eigenvalue weighted by Crippen LogP contribution is -2.44. The zero-order valence-corrected chi connectivity index (χ0v) is 13.8. The quantitative estimate of drug-likeness (QED) is 0.816. The van der Waals surface area contributed by atoms with Gasteiger partial charge in [-0.2, -0.15) is 0 Å². The van der Waals surface area contributed by atoms with Crippen LogP contribution in [-0.4, -0.2) is 37.7 Å². The Kier molecular flexibility index (Phi) is 6.56. The number of methoxy groups -OCH3 is 1. The largest absolute Gasteiger partial charge is 0.497 e. The average molecular weight is 304 g/mol. The first kappa shape index (κ1) is 16.7. The molecule has 22 heavy (non-hydrogen) atoms. The Morgan fingerprint density at radius 3 is 2.55 bits per heavy atom. The molecule has 122 valence electrons. The summed E-state index contributed by atoms with van der Waals surface area (Å²) in [6.45, 7) is 0.724. The van der Waals surface area contributed by atoms with Crippen molar-refractivity contribution in [1.29, 1.82) is 0 Å². The highest BCUT2D eigenvalue weighted by Gasteiger charge is 2.21. The molecule has 4 heteroatoms. The van der Waals surface area contributed by atoms with Crippen molar-refractivity contribution in [2.75, 3.05) is 20.7 Å². The zero-order chi connectivity index (χ0) is 15.8. The number of urea groups is 1. The van der Waals surface area contributed by atoms with Gasteiger partial charge in [-0.3, -0.25) is 0 Å². The molecule has 1 aromatic rings. The van der Waals surface area contributed by atoms with E-state index in [0.717, 1.165) is 38.0 Å². The molecule has 0 bridgehead atoms. The standard InChI is InChI=1S/C18H28N2O2/c1-20(16-8-4-3-5-9-16)18(21)19-14-6-7-15-10-12-17(22-2)13-11-15/h10-13,16H,3-9,14H2,1-2H3,(H,19,21). The molecule has 0 unspecified atom stereocenters. The lowest BCUT2D eigenvalue weighted by atomic mass is 9.95. The lowest BCUT2D eigenvalue weighted by molar-refractivity contribution is 0.173. The summed E-state index contributed by atoms with van der Waals surface area (Å²) in [4.78, 5) is 14.0. The number of hydrogen-bond donors (Lipinski definition) is 1. The predicted molar refractivity (Wildman–Crippen MR) is 89.3 cm³/mol. The molecule has 0 atom stereocenters. The van der Waals surface area contributed by atoms with Crippen molar-refractivity contribution in [3.8, 4) is 5.75 Å². The number of carbonyl (C=O) groups is 1. The zero-order valence-electron chi connectivity index (χ0n) is 13.8. The van der Waals surface area contributed by atoms with Gasteiger partial charge >= 0.3 is 6.03 Å². The van der Waals surface area contributed by atoms with Gasteiger partial charge in [-0.05, 0) is 43.4 Å². The fourth-order valence-corrected chi connectivity index (χ4v) is 3.04. The van der Waals surface area contributed by atoms with E-state index in [1.54, 1.807) is 7.11 Å². The second-order valence-corrected chi connectivity index (χ2v) is 6.09. The summed E-state index contributed by atoms with van der Waals surface area (Å²) in [5.74, 6) is 0.881. The van der Waals surface area contributed by atoms with E-state index in [0.29, 0.717) is 6.04 Å². The number of rotatable bonds is 6. The minimum absolute atomic E-state index is 0.0710. The molecule has 0 spiro atoms. The van der Waals surface area contributed by atoms with Gasteiger partial charge in [-0.25, -0.2) is 4.79 Å². The van der Waals surface area contributed by atoms with Crippen molar-refractivity contribution >= 4 is 6.03 Å². The van der Waals surface area contributed by atoms with Crippen molar-refractivity contribution in [3.05, 3.63) is 29.8 Å². The summed E-state index contributed by atoms with van der Waals surface area (Å²) in [6, 6.07) is 8.61. The third-order valence-corrected chi connectivity index (χ3v) is 4.52. The van der Waals surface area contributed by atoms with E-state index in [-0.39, 0.29) is 6.03 Å². The van der Waals surface area contributed by atoms with Crippen LogP contribution in [0.3, 0.4) is 0 Å². The van der Waals surface area contributed by atoms with E-state index < -0.39 is 0 Å². The summed E-state index contributed by atoms with van der Waals surface area (Å²) < 4.78 is 5.15. The maximum atomic E-state index is 12.1. The highest BCUT2D eigenvalue weighted by Crippen LogP contribution is 2.21. The molecule has 1 aliphatic rings. The van der Waals surface area contributed by atoms with Gasteiger partial charge in [0.15, 0.2) is 0 Å². The van der Waals surface area contributed by atoms with Gasteiger partial charge < -0.3 is 15.0 Å². The average Bonchev–Trinajstić information content (AvgIpc) is 2.59. The van der Waals surface area contributed by atoms with Gasteiger partial charge in [0.25, 0.3) is 0 Å². The van der Waals surface area contributed by atoms with Gasteiger partial charge in [-0.1, -0.05) is 31.4 Å². The topological polar surface area (TPSA) is 41.6 Å². The molecule has 1 aromatic carbocycles. The number of nitrogens with one attached hydrogen (secondary N) is 1. The van der Waals surface area contributed by atoms with Gasteiger partial charge in [0.05, 0.1) is 7.11 Å². The number of amides is 2. The van der Waals surface area contributed by atoms with E-state index in [2.05, 4.69) is 17.4 Å². The minimum Gasteiger partial charge on any atom is -0.497 e. The Morgan fingerprint density at radius 1 is 1.23 bits per heavy atom. The molecule has 0 heterocycles. The highest BCUT2D eigenvalue weighted by molar-refractivity contribution is 5.74. The summed E-state index contributed by atoms with van der Waals surface area (Å²) in [5.41, 5.74) is 1.27. The van der Waals surface area contributed by atoms with Crippen LogP contribution in [0, 0.1) is 0 Å². The first-order valence-corrected chi connectivity index (χ1v) is 8.34. The molecule has 1 N–H and O–H groups in total. The Labute approximate surface area is 133 Å². The molecule has 1 aliphatic carbocycles. The summed E-state index contributed by atoms with van der Waals surface area (Å²) >= 11 is 0. The van der Waals surface area contributed by atoms with Crippen LogP contribution in [0.5, 0.6) is 5.75 Å². The summed E-state index contributed by atoms with van der Waals surface area (Å²) in [6.07, 6.45) is 8.03. The SMILES string of the molecule is COc1ccc(CCCNC(=O)N(C)C2CCCCC2)cc1. The molecule has 0 aliphatic heterocycles. The second-order valence-electron chi connectivity index (χ2n) is 6.09. The fraction of sp³-hybridized carbons (Fsp3) is 0.611. The molecular formula is C18H28N2O2. The Morgan fingerprint density at radius 2 is 1.91 bits per heavy atom. The van der Waals surface area contributed by atoms with E-state index in [1.807, 2.05) is 24.1 Å². The van der Waals surface area contributed by atoms with Crippen molar-refractivity contribution in [2.45, 2.75) is 51.0 Å². The molecular weight excluding hydrogens is 276 g/mol. The molecule has 0 saturated heterocycles. The van der Waals surface area contributed by atoms with Crippen molar-refractivity contribution in [1.82, 2.24) is 10.2 Å². The number of carbonyl (C=O) groups excluding carboxylic acids is 1. The van der Waals surface area contributed by atoms with Crippen LogP contribution in [0.1, 0.15) is 44.1 Å². The predicted octanol–water partition coefficient (Wildman–Crippen LogP) is 3.60. The normalized spacial score (nSPS) is 15.4. The summed E-state index contributed by atoms with van der Waals surface area (Å²) in [7, 11) is 3.60. The molecule has 0 radical (unpaired) electrons. The van der Waals surface area contributed by atoms with E-state index >= 15 is 0 Å². The van der Waals surface area contributed by atoms with Crippen molar-refractivity contribution in [3.63, 3.8) is 0 Å². The van der Waals surface area contributed by atoms with Crippen LogP contribution in [0.15, 0.2) is 24.3 Å². The number of aryl methyl sites for hydroxylation is 1. The molecule has 1 saturated carbocycles. The fourth-order valence-electron chi connectivity index (χ4n) is 3.04. The maximum absolute atomic E-state index is 12.1. The van der Waals surface area contributed by atoms with Crippen LogP contribution in [0.2, 0.25) is 0 Å². The first-order chi connectivity index (χ1) is 10.7. The van der Waals surface area contributed by atoms with Crippen LogP contribution in [-0.2, 0) is 6.42 Å². The second kappa shape index (κ2) is 8.66. The molecule has 2 rings (SSSR count). The number of benzene rings is 1. The minimum atomic E-state index is 0.0710. The molecule has 4 nitrogen and oxygen atoms in total. The van der Waals surface area contributed by atoms with Gasteiger partial charge in [0.1, 0.15) is 5.75 Å². The third-order valence-electron chi connectivity index (χ3n) is 4.52.